The molecule has 2 rings (SSSR count). The minimum atomic E-state index is -3.12. The van der Waals surface area contributed by atoms with E-state index in [9.17, 15) is 8.42 Å². The minimum Gasteiger partial charge on any atom is -0.454 e. The summed E-state index contributed by atoms with van der Waals surface area (Å²) < 4.78 is 35.1. The Morgan fingerprint density at radius 3 is 2.62 bits per heavy atom. The van der Waals surface area contributed by atoms with Crippen molar-refractivity contribution in [3.8, 4) is 11.5 Å². The van der Waals surface area contributed by atoms with Crippen molar-refractivity contribution >= 4 is 9.84 Å². The summed E-state index contributed by atoms with van der Waals surface area (Å²) in [5.41, 5.74) is 0.914. The summed E-state index contributed by atoms with van der Waals surface area (Å²) in [5.74, 6) is 1.47. The Labute approximate surface area is 126 Å². The predicted molar refractivity (Wildman–Crippen MR) is 82.5 cm³/mol. The smallest absolute Gasteiger partial charge is 0.231 e. The first-order chi connectivity index (χ1) is 9.94. The molecule has 0 radical (unpaired) electrons. The van der Waals surface area contributed by atoms with Gasteiger partial charge in [-0.2, -0.15) is 0 Å². The molecule has 1 aromatic rings. The summed E-state index contributed by atoms with van der Waals surface area (Å²) in [6.07, 6.45) is 0.947. The lowest BCUT2D eigenvalue weighted by Crippen LogP contribution is -2.31. The van der Waals surface area contributed by atoms with E-state index in [0.717, 1.165) is 18.5 Å². The molecule has 118 valence electrons. The van der Waals surface area contributed by atoms with Gasteiger partial charge in [0, 0.05) is 6.04 Å². The molecular weight excluding hydrogens is 290 g/mol. The van der Waals surface area contributed by atoms with Gasteiger partial charge in [0.05, 0.1) is 11.0 Å². The van der Waals surface area contributed by atoms with Crippen LogP contribution in [0.15, 0.2) is 18.2 Å². The average Bonchev–Trinajstić information content (AvgIpc) is 2.90. The van der Waals surface area contributed by atoms with Crippen molar-refractivity contribution < 1.29 is 17.9 Å². The van der Waals surface area contributed by atoms with Crippen LogP contribution >= 0.6 is 0 Å². The third kappa shape index (κ3) is 3.89. The second kappa shape index (κ2) is 6.66. The van der Waals surface area contributed by atoms with E-state index >= 15 is 0 Å². The molecule has 1 heterocycles. The molecule has 1 aromatic carbocycles. The SMILES string of the molecule is CCCNC(CS(=O)(=O)C(C)C)c1ccc2c(c1)OCO2. The topological polar surface area (TPSA) is 64.6 Å². The van der Waals surface area contributed by atoms with Crippen molar-refractivity contribution in [2.45, 2.75) is 38.5 Å². The van der Waals surface area contributed by atoms with Crippen LogP contribution in [0.3, 0.4) is 0 Å². The number of benzene rings is 1. The molecule has 21 heavy (non-hydrogen) atoms. The number of sulfone groups is 1. The highest BCUT2D eigenvalue weighted by molar-refractivity contribution is 7.92. The Hall–Kier alpha value is -1.27. The largest absolute Gasteiger partial charge is 0.454 e. The molecule has 1 N–H and O–H groups in total. The Kier molecular flexibility index (Phi) is 5.11. The molecule has 1 aliphatic rings. The van der Waals surface area contributed by atoms with Crippen LogP contribution in [0, 0.1) is 0 Å². The second-order valence-corrected chi connectivity index (χ2v) is 8.10. The Morgan fingerprint density at radius 1 is 1.24 bits per heavy atom. The quantitative estimate of drug-likeness (QED) is 0.836. The highest BCUT2D eigenvalue weighted by atomic mass is 32.2. The van der Waals surface area contributed by atoms with E-state index in [1.165, 1.54) is 0 Å². The first-order valence-electron chi connectivity index (χ1n) is 7.28. The number of hydrogen-bond donors (Lipinski definition) is 1. The van der Waals surface area contributed by atoms with E-state index in [2.05, 4.69) is 12.2 Å². The molecule has 6 heteroatoms. The van der Waals surface area contributed by atoms with Crippen molar-refractivity contribution in [1.29, 1.82) is 0 Å². The third-order valence-electron chi connectivity index (χ3n) is 3.56. The molecule has 0 spiro atoms. The first-order valence-corrected chi connectivity index (χ1v) is 9.00. The van der Waals surface area contributed by atoms with E-state index in [4.69, 9.17) is 9.47 Å². The molecule has 1 aliphatic heterocycles. The molecule has 0 fully saturated rings. The van der Waals surface area contributed by atoms with Gasteiger partial charge in [-0.25, -0.2) is 8.42 Å². The fourth-order valence-electron chi connectivity index (χ4n) is 2.15. The van der Waals surface area contributed by atoms with Crippen LogP contribution in [-0.4, -0.2) is 32.8 Å². The van der Waals surface area contributed by atoms with Crippen molar-refractivity contribution in [2.24, 2.45) is 0 Å². The van der Waals surface area contributed by atoms with Crippen LogP contribution in [0.1, 0.15) is 38.8 Å². The van der Waals surface area contributed by atoms with Crippen LogP contribution < -0.4 is 14.8 Å². The molecule has 0 amide bonds. The van der Waals surface area contributed by atoms with Gasteiger partial charge in [-0.1, -0.05) is 13.0 Å². The summed E-state index contributed by atoms with van der Waals surface area (Å²) in [6, 6.07) is 5.37. The molecule has 0 saturated heterocycles. The molecule has 1 unspecified atom stereocenters. The van der Waals surface area contributed by atoms with E-state index in [1.54, 1.807) is 13.8 Å². The van der Waals surface area contributed by atoms with Crippen molar-refractivity contribution in [3.63, 3.8) is 0 Å². The van der Waals surface area contributed by atoms with E-state index in [-0.39, 0.29) is 23.8 Å². The van der Waals surface area contributed by atoms with Crippen molar-refractivity contribution in [1.82, 2.24) is 5.32 Å². The highest BCUT2D eigenvalue weighted by Crippen LogP contribution is 2.34. The van der Waals surface area contributed by atoms with Crippen LogP contribution in [0.4, 0.5) is 0 Å². The highest BCUT2D eigenvalue weighted by Gasteiger charge is 2.25. The first kappa shape index (κ1) is 16.1. The van der Waals surface area contributed by atoms with Crippen molar-refractivity contribution in [3.05, 3.63) is 23.8 Å². The standard InChI is InChI=1S/C15H23NO4S/c1-4-7-16-13(9-21(17,18)11(2)3)12-5-6-14-15(8-12)20-10-19-14/h5-6,8,11,13,16H,4,7,9-10H2,1-3H3. The Bertz CT molecular complexity index is 583. The summed E-state index contributed by atoms with van der Waals surface area (Å²) in [4.78, 5) is 0. The number of rotatable bonds is 7. The van der Waals surface area contributed by atoms with Gasteiger partial charge >= 0.3 is 0 Å². The lowest BCUT2D eigenvalue weighted by Gasteiger charge is -2.20. The summed E-state index contributed by atoms with van der Waals surface area (Å²) in [7, 11) is -3.12. The maximum atomic E-state index is 12.2. The van der Waals surface area contributed by atoms with Gasteiger partial charge in [0.2, 0.25) is 6.79 Å². The molecule has 0 aliphatic carbocycles. The van der Waals surface area contributed by atoms with Gasteiger partial charge in [-0.15, -0.1) is 0 Å². The summed E-state index contributed by atoms with van der Waals surface area (Å²) in [6.45, 7) is 6.47. The number of ether oxygens (including phenoxy) is 2. The van der Waals surface area contributed by atoms with Gasteiger partial charge < -0.3 is 14.8 Å². The molecular formula is C15H23NO4S. The number of fused-ring (bicyclic) bond motifs is 1. The summed E-state index contributed by atoms with van der Waals surface area (Å²) >= 11 is 0. The molecule has 1 atom stereocenters. The van der Waals surface area contributed by atoms with E-state index in [1.807, 2.05) is 18.2 Å². The Balaban J connectivity index is 2.23. The van der Waals surface area contributed by atoms with Gasteiger partial charge in [0.1, 0.15) is 0 Å². The van der Waals surface area contributed by atoms with Gasteiger partial charge in [0.25, 0.3) is 0 Å². The summed E-state index contributed by atoms with van der Waals surface area (Å²) in [5, 5.41) is 2.93. The van der Waals surface area contributed by atoms with E-state index < -0.39 is 9.84 Å². The fourth-order valence-corrected chi connectivity index (χ4v) is 3.31. The maximum Gasteiger partial charge on any atom is 0.231 e. The van der Waals surface area contributed by atoms with Crippen molar-refractivity contribution in [2.75, 3.05) is 19.1 Å². The molecule has 5 nitrogen and oxygen atoms in total. The zero-order chi connectivity index (χ0) is 15.5. The average molecular weight is 313 g/mol. The zero-order valence-corrected chi connectivity index (χ0v) is 13.6. The fraction of sp³-hybridized carbons (Fsp3) is 0.600. The lowest BCUT2D eigenvalue weighted by atomic mass is 10.1. The molecule has 0 aromatic heterocycles. The third-order valence-corrected chi connectivity index (χ3v) is 5.79. The van der Waals surface area contributed by atoms with Gasteiger partial charge in [-0.3, -0.25) is 0 Å². The van der Waals surface area contributed by atoms with Gasteiger partial charge in [0.15, 0.2) is 21.3 Å². The van der Waals surface area contributed by atoms with E-state index in [0.29, 0.717) is 11.5 Å². The van der Waals surface area contributed by atoms with Crippen LogP contribution in [0.5, 0.6) is 11.5 Å². The van der Waals surface area contributed by atoms with Gasteiger partial charge in [-0.05, 0) is 44.5 Å². The maximum absolute atomic E-state index is 12.2. The molecule has 0 saturated carbocycles. The number of hydrogen-bond acceptors (Lipinski definition) is 5. The van der Waals surface area contributed by atoms with Crippen LogP contribution in [-0.2, 0) is 9.84 Å². The Morgan fingerprint density at radius 2 is 1.95 bits per heavy atom. The predicted octanol–water partition coefficient (Wildman–Crippen LogP) is 2.28. The normalized spacial score (nSPS) is 15.4. The van der Waals surface area contributed by atoms with Crippen LogP contribution in [0.25, 0.3) is 0 Å². The molecule has 0 bridgehead atoms. The van der Waals surface area contributed by atoms with Crippen LogP contribution in [0.2, 0.25) is 0 Å². The lowest BCUT2D eigenvalue weighted by molar-refractivity contribution is 0.174. The number of nitrogens with one attached hydrogen (secondary N) is 1. The minimum absolute atomic E-state index is 0.0876. The monoisotopic (exact) mass is 313 g/mol. The second-order valence-electron chi connectivity index (χ2n) is 5.50. The zero-order valence-electron chi connectivity index (χ0n) is 12.8.